The van der Waals surface area contributed by atoms with Gasteiger partial charge in [0.25, 0.3) is 5.91 Å². The number of β-amino-alcohol motifs (C(OH)–C–C–N with tert-alkyl or cyclic N) is 1. The van der Waals surface area contributed by atoms with Crippen molar-refractivity contribution in [3.05, 3.63) is 59.2 Å². The molecule has 2 heterocycles. The number of aliphatic hydroxyl groups is 1. The van der Waals surface area contributed by atoms with Gasteiger partial charge in [0, 0.05) is 45.1 Å². The summed E-state index contributed by atoms with van der Waals surface area (Å²) >= 11 is 0. The minimum absolute atomic E-state index is 0.0191. The molecule has 0 aromatic heterocycles. The molecule has 2 aliphatic heterocycles. The zero-order chi connectivity index (χ0) is 23.5. The smallest absolute Gasteiger partial charge is 0.257 e. The number of carbonyl (C=O) groups excluding carboxylic acids is 2. The first-order chi connectivity index (χ1) is 16.5. The van der Waals surface area contributed by atoms with Crippen LogP contribution >= 0.6 is 0 Å². The normalized spacial score (nSPS) is 20.2. The summed E-state index contributed by atoms with van der Waals surface area (Å²) in [6, 6.07) is 13.7. The first-order valence-electron chi connectivity index (χ1n) is 12.3. The van der Waals surface area contributed by atoms with Crippen LogP contribution in [0.3, 0.4) is 0 Å². The summed E-state index contributed by atoms with van der Waals surface area (Å²) in [4.78, 5) is 28.6. The van der Waals surface area contributed by atoms with Crippen LogP contribution in [0.2, 0.25) is 0 Å². The second kappa shape index (κ2) is 10.2. The number of rotatable bonds is 6. The lowest BCUT2D eigenvalue weighted by Crippen LogP contribution is -2.44. The van der Waals surface area contributed by atoms with Crippen LogP contribution in [0.5, 0.6) is 11.5 Å². The van der Waals surface area contributed by atoms with Crippen LogP contribution in [-0.2, 0) is 17.8 Å². The Hall–Kier alpha value is -2.90. The second-order valence-corrected chi connectivity index (χ2v) is 9.52. The summed E-state index contributed by atoms with van der Waals surface area (Å²) in [6.45, 7) is 3.33. The average Bonchev–Trinajstić information content (AvgIpc) is 2.99. The number of ether oxygens (including phenoxy) is 2. The van der Waals surface area contributed by atoms with E-state index in [-0.39, 0.29) is 18.6 Å². The molecule has 2 aromatic carbocycles. The number of hydrogen-bond donors (Lipinski definition) is 1. The van der Waals surface area contributed by atoms with Gasteiger partial charge in [0.2, 0.25) is 0 Å². The minimum Gasteiger partial charge on any atom is -0.491 e. The summed E-state index contributed by atoms with van der Waals surface area (Å²) in [5.41, 5.74) is 3.18. The number of hydrogen-bond acceptors (Lipinski definition) is 6. The fourth-order valence-electron chi connectivity index (χ4n) is 5.13. The van der Waals surface area contributed by atoms with Crippen LogP contribution < -0.4 is 9.47 Å². The van der Waals surface area contributed by atoms with Crippen molar-refractivity contribution in [2.45, 2.75) is 50.9 Å². The Morgan fingerprint density at radius 2 is 1.79 bits per heavy atom. The maximum Gasteiger partial charge on any atom is 0.257 e. The maximum absolute atomic E-state index is 13.2. The summed E-state index contributed by atoms with van der Waals surface area (Å²) in [7, 11) is 0. The van der Waals surface area contributed by atoms with Crippen LogP contribution in [0, 0.1) is 0 Å². The van der Waals surface area contributed by atoms with E-state index >= 15 is 0 Å². The van der Waals surface area contributed by atoms with Gasteiger partial charge in [-0.25, -0.2) is 0 Å². The number of amides is 1. The molecule has 1 fully saturated rings. The van der Waals surface area contributed by atoms with Crippen molar-refractivity contribution in [3.8, 4) is 11.5 Å². The molecule has 1 saturated carbocycles. The summed E-state index contributed by atoms with van der Waals surface area (Å²) < 4.78 is 11.9. The lowest BCUT2D eigenvalue weighted by molar-refractivity contribution is -0.121. The number of fused-ring (bicyclic) bond motifs is 2. The quantitative estimate of drug-likeness (QED) is 0.708. The zero-order valence-electron chi connectivity index (χ0n) is 19.4. The van der Waals surface area contributed by atoms with E-state index in [0.29, 0.717) is 55.4 Å². The largest absolute Gasteiger partial charge is 0.491 e. The second-order valence-electron chi connectivity index (χ2n) is 9.52. The van der Waals surface area contributed by atoms with Gasteiger partial charge in [-0.15, -0.1) is 0 Å². The van der Waals surface area contributed by atoms with Crippen molar-refractivity contribution in [2.24, 2.45) is 0 Å². The zero-order valence-corrected chi connectivity index (χ0v) is 19.4. The van der Waals surface area contributed by atoms with Gasteiger partial charge >= 0.3 is 0 Å². The van der Waals surface area contributed by atoms with Crippen LogP contribution in [0.25, 0.3) is 0 Å². The first kappa shape index (κ1) is 22.9. The third-order valence-electron chi connectivity index (χ3n) is 6.99. The monoisotopic (exact) mass is 464 g/mol. The molecule has 0 spiro atoms. The Kier molecular flexibility index (Phi) is 6.83. The average molecular weight is 465 g/mol. The van der Waals surface area contributed by atoms with Gasteiger partial charge in [-0.2, -0.15) is 0 Å². The molecule has 2 aromatic rings. The van der Waals surface area contributed by atoms with Gasteiger partial charge in [-0.05, 0) is 42.5 Å². The van der Waals surface area contributed by atoms with Gasteiger partial charge < -0.3 is 19.5 Å². The summed E-state index contributed by atoms with van der Waals surface area (Å²) in [5, 5.41) is 10.8. The van der Waals surface area contributed by atoms with Gasteiger partial charge in [0.1, 0.15) is 23.9 Å². The molecule has 1 N–H and O–H groups in total. The molecule has 1 amide bonds. The molecule has 1 atom stereocenters. The summed E-state index contributed by atoms with van der Waals surface area (Å²) in [5.74, 6) is 1.33. The van der Waals surface area contributed by atoms with Gasteiger partial charge in [-0.1, -0.05) is 24.3 Å². The Morgan fingerprint density at radius 3 is 2.62 bits per heavy atom. The number of Topliss-reactive ketones (excluding diaryl/α,β-unsaturated/α-hetero) is 1. The highest BCUT2D eigenvalue weighted by Crippen LogP contribution is 2.30. The Balaban J connectivity index is 1.19. The number of aliphatic hydroxyl groups excluding tert-OH is 1. The fraction of sp³-hybridized carbons (Fsp3) is 0.481. The SMILES string of the molecule is O=C1CCC(Oc2ccc3c(c2)OCCN(C[C@H](O)CN2CCc4ccccc4C2)C3=O)CC1. The Bertz CT molecular complexity index is 1050. The van der Waals surface area contributed by atoms with Gasteiger partial charge in [0.05, 0.1) is 24.3 Å². The number of carbonyl (C=O) groups is 2. The molecule has 1 aliphatic carbocycles. The predicted molar refractivity (Wildman–Crippen MR) is 127 cm³/mol. The van der Waals surface area contributed by atoms with Crippen molar-refractivity contribution in [1.29, 1.82) is 0 Å². The third-order valence-corrected chi connectivity index (χ3v) is 6.99. The van der Waals surface area contributed by atoms with E-state index in [0.717, 1.165) is 32.4 Å². The topological polar surface area (TPSA) is 79.3 Å². The first-order valence-corrected chi connectivity index (χ1v) is 12.3. The Morgan fingerprint density at radius 1 is 1.00 bits per heavy atom. The molecule has 34 heavy (non-hydrogen) atoms. The van der Waals surface area contributed by atoms with Gasteiger partial charge in [0.15, 0.2) is 0 Å². The van der Waals surface area contributed by atoms with E-state index in [1.54, 1.807) is 23.1 Å². The van der Waals surface area contributed by atoms with E-state index in [1.165, 1.54) is 11.1 Å². The van der Waals surface area contributed by atoms with Crippen LogP contribution in [0.1, 0.15) is 47.2 Å². The van der Waals surface area contributed by atoms with E-state index in [4.69, 9.17) is 9.47 Å². The molecule has 0 bridgehead atoms. The van der Waals surface area contributed by atoms with E-state index in [2.05, 4.69) is 29.2 Å². The van der Waals surface area contributed by atoms with E-state index in [9.17, 15) is 14.7 Å². The maximum atomic E-state index is 13.2. The highest BCUT2D eigenvalue weighted by molar-refractivity contribution is 5.97. The van der Waals surface area contributed by atoms with E-state index < -0.39 is 6.10 Å². The fourth-order valence-corrected chi connectivity index (χ4v) is 5.13. The number of benzene rings is 2. The van der Waals surface area contributed by atoms with Crippen molar-refractivity contribution in [1.82, 2.24) is 9.80 Å². The molecule has 0 radical (unpaired) electrons. The highest BCUT2D eigenvalue weighted by Gasteiger charge is 2.28. The number of nitrogens with zero attached hydrogens (tertiary/aromatic N) is 2. The summed E-state index contributed by atoms with van der Waals surface area (Å²) in [6.07, 6.45) is 2.94. The van der Waals surface area contributed by atoms with Crippen molar-refractivity contribution in [3.63, 3.8) is 0 Å². The van der Waals surface area contributed by atoms with Gasteiger partial charge in [-0.3, -0.25) is 14.5 Å². The van der Waals surface area contributed by atoms with Crippen molar-refractivity contribution in [2.75, 3.05) is 32.8 Å². The van der Waals surface area contributed by atoms with Crippen LogP contribution in [-0.4, -0.2) is 71.6 Å². The minimum atomic E-state index is -0.632. The van der Waals surface area contributed by atoms with Crippen LogP contribution in [0.4, 0.5) is 0 Å². The molecule has 7 nitrogen and oxygen atoms in total. The molecule has 180 valence electrons. The molecular formula is C27H32N2O5. The van der Waals surface area contributed by atoms with Crippen molar-refractivity contribution >= 4 is 11.7 Å². The lowest BCUT2D eigenvalue weighted by Gasteiger charge is -2.32. The lowest BCUT2D eigenvalue weighted by atomic mass is 9.96. The molecule has 0 saturated heterocycles. The molecule has 7 heteroatoms. The van der Waals surface area contributed by atoms with Crippen molar-refractivity contribution < 1.29 is 24.2 Å². The molecular weight excluding hydrogens is 432 g/mol. The highest BCUT2D eigenvalue weighted by atomic mass is 16.5. The predicted octanol–water partition coefficient (Wildman–Crippen LogP) is 2.83. The third kappa shape index (κ3) is 5.26. The molecule has 3 aliphatic rings. The van der Waals surface area contributed by atoms with E-state index in [1.807, 2.05) is 0 Å². The molecule has 5 rings (SSSR count). The number of ketones is 1. The standard InChI is InChI=1S/C27H32N2O5/c30-21-5-7-23(8-6-21)34-24-9-10-25-26(15-24)33-14-13-29(27(25)32)18-22(31)17-28-12-11-19-3-1-2-4-20(19)16-28/h1-4,9-10,15,22-23,31H,5-8,11-14,16-18H2/t22-/m1/s1. The Labute approximate surface area is 200 Å². The van der Waals surface area contributed by atoms with Crippen LogP contribution in [0.15, 0.2) is 42.5 Å². The molecule has 0 unspecified atom stereocenters.